The molecule has 0 saturated carbocycles. The zero-order valence-corrected chi connectivity index (χ0v) is 13.1. The van der Waals surface area contributed by atoms with Crippen molar-refractivity contribution in [2.24, 2.45) is 0 Å². The molecule has 1 amide bonds. The summed E-state index contributed by atoms with van der Waals surface area (Å²) < 4.78 is 19.7. The molecule has 122 valence electrons. The third-order valence-electron chi connectivity index (χ3n) is 3.02. The first-order valence-electron chi connectivity index (χ1n) is 6.95. The van der Waals surface area contributed by atoms with Crippen LogP contribution in [0, 0.1) is 5.82 Å². The van der Waals surface area contributed by atoms with Crippen molar-refractivity contribution in [3.05, 3.63) is 71.4 Å². The molecule has 0 spiro atoms. The van der Waals surface area contributed by atoms with E-state index in [-0.39, 0.29) is 18.2 Å². The number of rotatable bonds is 5. The maximum Gasteiger partial charge on any atom is 0.277 e. The largest absolute Gasteiger partial charge is 0.471 e. The molecule has 3 aromatic rings. The van der Waals surface area contributed by atoms with Crippen LogP contribution in [0.15, 0.2) is 54.9 Å². The van der Waals surface area contributed by atoms with E-state index in [0.29, 0.717) is 16.6 Å². The average molecular weight is 347 g/mol. The number of nitrogens with one attached hydrogen (secondary N) is 1. The molecule has 8 heteroatoms. The van der Waals surface area contributed by atoms with Gasteiger partial charge in [0.15, 0.2) is 12.4 Å². The van der Waals surface area contributed by atoms with E-state index in [2.05, 4.69) is 15.4 Å². The Kier molecular flexibility index (Phi) is 4.72. The van der Waals surface area contributed by atoms with E-state index >= 15 is 0 Å². The summed E-state index contributed by atoms with van der Waals surface area (Å²) in [5, 5.41) is 7.20. The Balaban J connectivity index is 1.59. The molecule has 0 unspecified atom stereocenters. The van der Waals surface area contributed by atoms with Crippen LogP contribution < -0.4 is 10.1 Å². The molecule has 0 aliphatic carbocycles. The number of anilines is 1. The van der Waals surface area contributed by atoms with Crippen molar-refractivity contribution < 1.29 is 13.9 Å². The fourth-order valence-electron chi connectivity index (χ4n) is 1.86. The van der Waals surface area contributed by atoms with Crippen LogP contribution in [0.5, 0.6) is 5.75 Å². The second-order valence-corrected chi connectivity index (χ2v) is 5.22. The third-order valence-corrected chi connectivity index (χ3v) is 3.24. The number of benzene rings is 1. The molecule has 24 heavy (non-hydrogen) atoms. The Morgan fingerprint density at radius 1 is 1.21 bits per heavy atom. The molecule has 2 aromatic heterocycles. The van der Waals surface area contributed by atoms with E-state index in [0.717, 1.165) is 0 Å². The summed E-state index contributed by atoms with van der Waals surface area (Å²) in [6, 6.07) is 10.4. The second-order valence-electron chi connectivity index (χ2n) is 4.78. The highest BCUT2D eigenvalue weighted by molar-refractivity contribution is 6.30. The summed E-state index contributed by atoms with van der Waals surface area (Å²) in [4.78, 5) is 16.1. The number of carbonyl (C=O) groups excluding carboxylic acids is 1. The van der Waals surface area contributed by atoms with Gasteiger partial charge in [-0.2, -0.15) is 5.10 Å². The van der Waals surface area contributed by atoms with Crippen LogP contribution in [-0.2, 0) is 6.73 Å². The third kappa shape index (κ3) is 4.08. The molecular formula is C16H12ClFN4O2. The summed E-state index contributed by atoms with van der Waals surface area (Å²) in [7, 11) is 0. The molecule has 0 atom stereocenters. The number of amides is 1. The van der Waals surface area contributed by atoms with Crippen LogP contribution in [0.25, 0.3) is 0 Å². The molecule has 2 heterocycles. The van der Waals surface area contributed by atoms with Crippen molar-refractivity contribution in [2.75, 3.05) is 5.32 Å². The van der Waals surface area contributed by atoms with Gasteiger partial charge in [0.2, 0.25) is 0 Å². The lowest BCUT2D eigenvalue weighted by Gasteiger charge is -2.06. The number of carbonyl (C=O) groups is 1. The first-order valence-corrected chi connectivity index (χ1v) is 7.33. The second kappa shape index (κ2) is 7.10. The smallest absolute Gasteiger partial charge is 0.277 e. The Morgan fingerprint density at radius 2 is 2.00 bits per heavy atom. The van der Waals surface area contributed by atoms with Gasteiger partial charge < -0.3 is 10.1 Å². The minimum absolute atomic E-state index is 0.0953. The number of ether oxygens (including phenoxy) is 1. The van der Waals surface area contributed by atoms with Gasteiger partial charge in [0.1, 0.15) is 17.4 Å². The van der Waals surface area contributed by atoms with E-state index in [1.54, 1.807) is 24.4 Å². The zero-order chi connectivity index (χ0) is 16.9. The Bertz CT molecular complexity index is 834. The van der Waals surface area contributed by atoms with E-state index in [1.807, 2.05) is 0 Å². The highest BCUT2D eigenvalue weighted by atomic mass is 35.5. The minimum Gasteiger partial charge on any atom is -0.471 e. The SMILES string of the molecule is O=C(Nc1ccc(Cl)cn1)c1ccn(COc2ccc(F)cc2)n1. The van der Waals surface area contributed by atoms with Gasteiger partial charge in [-0.3, -0.25) is 4.79 Å². The molecule has 0 fully saturated rings. The number of hydrogen-bond acceptors (Lipinski definition) is 4. The molecule has 0 saturated heterocycles. The van der Waals surface area contributed by atoms with E-state index in [1.165, 1.54) is 35.1 Å². The summed E-state index contributed by atoms with van der Waals surface area (Å²) in [6.45, 7) is 0.0953. The Morgan fingerprint density at radius 3 is 2.71 bits per heavy atom. The van der Waals surface area contributed by atoms with Crippen molar-refractivity contribution in [3.8, 4) is 5.75 Å². The lowest BCUT2D eigenvalue weighted by Crippen LogP contribution is -2.15. The molecule has 0 bridgehead atoms. The highest BCUT2D eigenvalue weighted by Crippen LogP contribution is 2.12. The van der Waals surface area contributed by atoms with Gasteiger partial charge in [-0.25, -0.2) is 14.1 Å². The van der Waals surface area contributed by atoms with Crippen LogP contribution in [0.4, 0.5) is 10.2 Å². The monoisotopic (exact) mass is 346 g/mol. The molecule has 0 radical (unpaired) electrons. The summed E-state index contributed by atoms with van der Waals surface area (Å²) in [6.07, 6.45) is 3.04. The maximum atomic E-state index is 12.8. The summed E-state index contributed by atoms with van der Waals surface area (Å²) in [5.74, 6) is 0.145. The van der Waals surface area contributed by atoms with Crippen molar-refractivity contribution in [1.82, 2.24) is 14.8 Å². The van der Waals surface area contributed by atoms with Gasteiger partial charge in [-0.1, -0.05) is 11.6 Å². The van der Waals surface area contributed by atoms with Crippen LogP contribution in [0.2, 0.25) is 5.02 Å². The highest BCUT2D eigenvalue weighted by Gasteiger charge is 2.10. The first-order chi connectivity index (χ1) is 11.6. The van der Waals surface area contributed by atoms with Gasteiger partial charge in [0.05, 0.1) is 5.02 Å². The van der Waals surface area contributed by atoms with Crippen molar-refractivity contribution in [2.45, 2.75) is 6.73 Å². The van der Waals surface area contributed by atoms with Gasteiger partial charge in [0.25, 0.3) is 5.91 Å². The van der Waals surface area contributed by atoms with E-state index in [4.69, 9.17) is 16.3 Å². The average Bonchev–Trinajstić information content (AvgIpc) is 3.06. The van der Waals surface area contributed by atoms with Crippen LogP contribution in [0.1, 0.15) is 10.5 Å². The molecule has 1 aromatic carbocycles. The number of hydrogen-bond donors (Lipinski definition) is 1. The first kappa shape index (κ1) is 15.9. The standard InChI is InChI=1S/C16H12ClFN4O2/c17-11-1-6-15(19-9-11)20-16(23)14-7-8-22(21-14)10-24-13-4-2-12(18)3-5-13/h1-9H,10H2,(H,19,20,23). The minimum atomic E-state index is -0.398. The number of halogens is 2. The van der Waals surface area contributed by atoms with Crippen molar-refractivity contribution in [3.63, 3.8) is 0 Å². The Labute approximate surface area is 141 Å². The lowest BCUT2D eigenvalue weighted by atomic mass is 10.3. The zero-order valence-electron chi connectivity index (χ0n) is 12.3. The van der Waals surface area contributed by atoms with Crippen LogP contribution in [-0.4, -0.2) is 20.7 Å². The predicted molar refractivity (Wildman–Crippen MR) is 86.5 cm³/mol. The quantitative estimate of drug-likeness (QED) is 0.769. The molecule has 0 aliphatic heterocycles. The molecule has 1 N–H and O–H groups in total. The number of nitrogens with zero attached hydrogens (tertiary/aromatic N) is 3. The Hall–Kier alpha value is -2.93. The normalized spacial score (nSPS) is 10.4. The summed E-state index contributed by atoms with van der Waals surface area (Å²) in [5.41, 5.74) is 0.217. The van der Waals surface area contributed by atoms with E-state index in [9.17, 15) is 9.18 Å². The van der Waals surface area contributed by atoms with Crippen molar-refractivity contribution >= 4 is 23.3 Å². The van der Waals surface area contributed by atoms with Crippen molar-refractivity contribution in [1.29, 1.82) is 0 Å². The van der Waals surface area contributed by atoms with E-state index < -0.39 is 5.91 Å². The van der Waals surface area contributed by atoms with Gasteiger partial charge >= 0.3 is 0 Å². The van der Waals surface area contributed by atoms with Gasteiger partial charge in [0, 0.05) is 12.4 Å². The number of pyridine rings is 1. The fourth-order valence-corrected chi connectivity index (χ4v) is 1.97. The van der Waals surface area contributed by atoms with Gasteiger partial charge in [-0.15, -0.1) is 0 Å². The molecule has 6 nitrogen and oxygen atoms in total. The number of aromatic nitrogens is 3. The van der Waals surface area contributed by atoms with Crippen LogP contribution >= 0.6 is 11.6 Å². The predicted octanol–water partition coefficient (Wildman–Crippen LogP) is 3.36. The topological polar surface area (TPSA) is 69.0 Å². The maximum absolute atomic E-state index is 12.8. The molecule has 3 rings (SSSR count). The fraction of sp³-hybridized carbons (Fsp3) is 0.0625. The van der Waals surface area contributed by atoms with Crippen LogP contribution in [0.3, 0.4) is 0 Å². The van der Waals surface area contributed by atoms with Gasteiger partial charge in [-0.05, 0) is 42.5 Å². The molecular weight excluding hydrogens is 335 g/mol. The lowest BCUT2D eigenvalue weighted by molar-refractivity contribution is 0.102. The molecule has 0 aliphatic rings. The summed E-state index contributed by atoms with van der Waals surface area (Å²) >= 11 is 5.74.